The summed E-state index contributed by atoms with van der Waals surface area (Å²) in [6, 6.07) is 0. The zero-order valence-electron chi connectivity index (χ0n) is 17.3. The Kier molecular flexibility index (Phi) is 17.9. The summed E-state index contributed by atoms with van der Waals surface area (Å²) < 4.78 is 15.4. The molecule has 1 atom stereocenters. The number of carbonyl (C=O) groups is 2. The molecule has 1 unspecified atom stereocenters. The number of hydrogen-bond acceptors (Lipinski definition) is 4. The summed E-state index contributed by atoms with van der Waals surface area (Å²) in [5.74, 6) is -1.16. The van der Waals surface area contributed by atoms with E-state index in [0.717, 1.165) is 38.5 Å². The predicted octanol–water partition coefficient (Wildman–Crippen LogP) is 4.81. The van der Waals surface area contributed by atoms with Crippen molar-refractivity contribution >= 4 is 19.7 Å². The van der Waals surface area contributed by atoms with Crippen molar-refractivity contribution < 1.29 is 23.8 Å². The van der Waals surface area contributed by atoms with Gasteiger partial charge in [0.2, 0.25) is 5.78 Å². The second-order valence-electron chi connectivity index (χ2n) is 7.08. The van der Waals surface area contributed by atoms with Gasteiger partial charge in [-0.2, -0.15) is 4.89 Å². The third-order valence-corrected chi connectivity index (χ3v) is 4.93. The van der Waals surface area contributed by atoms with Crippen LogP contribution in [0.2, 0.25) is 0 Å². The van der Waals surface area contributed by atoms with Crippen LogP contribution in [0.4, 0.5) is 0 Å². The zero-order chi connectivity index (χ0) is 20.3. The van der Waals surface area contributed by atoms with Crippen molar-refractivity contribution in [3.8, 4) is 0 Å². The Labute approximate surface area is 165 Å². The van der Waals surface area contributed by atoms with E-state index in [1.165, 1.54) is 38.5 Å². The molecule has 0 aliphatic heterocycles. The van der Waals surface area contributed by atoms with Gasteiger partial charge in [0.05, 0.1) is 0 Å². The van der Waals surface area contributed by atoms with E-state index in [-0.39, 0.29) is 0 Å². The summed E-state index contributed by atoms with van der Waals surface area (Å²) in [6.45, 7) is 5.13. The monoisotopic (exact) mass is 404 g/mol. The second kappa shape index (κ2) is 18.5. The number of Topliss-reactive ketones (excluding diaryl/α,β-unsaturated/α-hetero) is 1. The van der Waals surface area contributed by atoms with Gasteiger partial charge in [-0.3, -0.25) is 9.59 Å². The van der Waals surface area contributed by atoms with E-state index in [2.05, 4.69) is 13.8 Å². The Morgan fingerprint density at radius 3 is 1.70 bits per heavy atom. The fourth-order valence-corrected chi connectivity index (χ4v) is 3.18. The first-order chi connectivity index (χ1) is 13.0. The zero-order valence-corrected chi connectivity index (χ0v) is 18.2. The Hall–Kier alpha value is -0.840. The Morgan fingerprint density at radius 1 is 0.815 bits per heavy atom. The fraction of sp³-hybridized carbons (Fsp3) is 0.900. The molecule has 0 spiro atoms. The Morgan fingerprint density at radius 2 is 1.26 bits per heavy atom. The third kappa shape index (κ3) is 15.9. The van der Waals surface area contributed by atoms with E-state index >= 15 is 0 Å². The lowest BCUT2D eigenvalue weighted by molar-refractivity contribution is -0.146. The number of ether oxygens (including phenoxy) is 1. The van der Waals surface area contributed by atoms with Crippen LogP contribution in [0.5, 0.6) is 0 Å². The van der Waals surface area contributed by atoms with Gasteiger partial charge in [0.15, 0.2) is 0 Å². The molecular weight excluding hydrogens is 365 g/mol. The third-order valence-electron chi connectivity index (χ3n) is 4.52. The first-order valence-corrected chi connectivity index (χ1v) is 12.0. The van der Waals surface area contributed by atoms with Crippen LogP contribution >= 0.6 is 8.03 Å². The van der Waals surface area contributed by atoms with Crippen LogP contribution in [0.3, 0.4) is 0 Å². The van der Waals surface area contributed by atoms with E-state index in [9.17, 15) is 14.2 Å². The van der Waals surface area contributed by atoms with Crippen LogP contribution < -0.4 is 0 Å². The van der Waals surface area contributed by atoms with Crippen molar-refractivity contribution in [2.75, 3.05) is 26.0 Å². The summed E-state index contributed by atoms with van der Waals surface area (Å²) in [7, 11) is -2.45. The van der Waals surface area contributed by atoms with Crippen LogP contribution in [0, 0.1) is 0 Å². The molecule has 0 fully saturated rings. The predicted molar refractivity (Wildman–Crippen MR) is 109 cm³/mol. The van der Waals surface area contributed by atoms with Gasteiger partial charge in [-0.05, 0) is 17.4 Å². The number of nitrogens with zero attached hydrogens (tertiary/aromatic N) is 1. The molecule has 1 amide bonds. The maximum Gasteiger partial charge on any atom is 0.534 e. The maximum absolute atomic E-state index is 12.4. The maximum atomic E-state index is 12.4. The lowest BCUT2D eigenvalue weighted by Crippen LogP contribution is -2.39. The number of carbonyl (C=O) groups excluding carboxylic acids is 2. The van der Waals surface area contributed by atoms with Crippen molar-refractivity contribution in [1.29, 1.82) is 0 Å². The van der Waals surface area contributed by atoms with E-state index < -0.39 is 32.7 Å². The van der Waals surface area contributed by atoms with Crippen LogP contribution in [0.1, 0.15) is 90.9 Å². The van der Waals surface area contributed by atoms with Crippen molar-refractivity contribution in [2.24, 2.45) is 0 Å². The van der Waals surface area contributed by atoms with Gasteiger partial charge in [-0.15, -0.1) is 0 Å². The minimum absolute atomic E-state index is 0.413. The summed E-state index contributed by atoms with van der Waals surface area (Å²) in [4.78, 5) is 34.8. The molecule has 0 saturated heterocycles. The fourth-order valence-electron chi connectivity index (χ4n) is 2.94. The van der Waals surface area contributed by atoms with E-state index in [0.29, 0.717) is 13.1 Å². The summed E-state index contributed by atoms with van der Waals surface area (Å²) in [6.07, 6.45) is 13.2. The minimum atomic E-state index is -2.45. The lowest BCUT2D eigenvalue weighted by Gasteiger charge is -2.22. The summed E-state index contributed by atoms with van der Waals surface area (Å²) in [5, 5.41) is 0. The number of amides is 1. The summed E-state index contributed by atoms with van der Waals surface area (Å²) in [5.41, 5.74) is 0. The van der Waals surface area contributed by atoms with E-state index in [4.69, 9.17) is 9.63 Å². The second-order valence-corrected chi connectivity index (χ2v) is 8.04. The van der Waals surface area contributed by atoms with Gasteiger partial charge in [-0.1, -0.05) is 78.1 Å². The Balaban J connectivity index is 4.31. The smallest absolute Gasteiger partial charge is 0.336 e. The van der Waals surface area contributed by atoms with Gasteiger partial charge in [0.1, 0.15) is 6.61 Å². The molecule has 6 nitrogen and oxygen atoms in total. The molecule has 0 bridgehead atoms. The van der Waals surface area contributed by atoms with Crippen molar-refractivity contribution in [1.82, 2.24) is 4.90 Å². The molecule has 0 aliphatic rings. The summed E-state index contributed by atoms with van der Waals surface area (Å²) >= 11 is 0. The SMILES string of the molecule is CCCCCCCCN(CCCCCCCC)C(=O)C(=O)COC[P+](=O)O. The minimum Gasteiger partial charge on any atom is -0.336 e. The molecule has 0 radical (unpaired) electrons. The molecule has 0 aromatic carbocycles. The molecule has 0 aromatic heterocycles. The molecule has 7 heteroatoms. The number of rotatable bonds is 19. The molecule has 0 aliphatic carbocycles. The quantitative estimate of drug-likeness (QED) is 0.190. The molecule has 1 N–H and O–H groups in total. The van der Waals surface area contributed by atoms with Crippen LogP contribution in [-0.2, 0) is 18.9 Å². The Bertz CT molecular complexity index is 401. The first-order valence-electron chi connectivity index (χ1n) is 10.6. The molecule has 0 aromatic rings. The van der Waals surface area contributed by atoms with Gasteiger partial charge >= 0.3 is 8.03 Å². The lowest BCUT2D eigenvalue weighted by atomic mass is 10.1. The van der Waals surface area contributed by atoms with Gasteiger partial charge in [-0.25, -0.2) is 0 Å². The average Bonchev–Trinajstić information content (AvgIpc) is 2.64. The normalized spacial score (nSPS) is 11.4. The van der Waals surface area contributed by atoms with Gasteiger partial charge in [0.25, 0.3) is 12.3 Å². The largest absolute Gasteiger partial charge is 0.534 e. The van der Waals surface area contributed by atoms with Crippen LogP contribution in [-0.4, -0.2) is 47.5 Å². The highest BCUT2D eigenvalue weighted by Crippen LogP contribution is 2.12. The van der Waals surface area contributed by atoms with Crippen molar-refractivity contribution in [3.05, 3.63) is 0 Å². The van der Waals surface area contributed by atoms with Crippen LogP contribution in [0.15, 0.2) is 0 Å². The first kappa shape index (κ1) is 26.2. The molecule has 158 valence electrons. The highest BCUT2D eigenvalue weighted by atomic mass is 31.1. The number of hydrogen-bond donors (Lipinski definition) is 1. The number of ketones is 1. The standard InChI is InChI=1S/C20H38NO5P/c1-3-5-7-9-11-13-15-21(16-14-12-10-8-6-4-2)20(23)19(22)17-26-18-27(24)25/h3-18H2,1-2H3/p+1. The molecule has 27 heavy (non-hydrogen) atoms. The molecular formula is C20H39NO5P+. The number of unbranched alkanes of at least 4 members (excludes halogenated alkanes) is 10. The molecule has 0 saturated carbocycles. The highest BCUT2D eigenvalue weighted by Gasteiger charge is 2.22. The van der Waals surface area contributed by atoms with Crippen LogP contribution in [0.25, 0.3) is 0 Å². The van der Waals surface area contributed by atoms with Gasteiger partial charge < -0.3 is 9.64 Å². The highest BCUT2D eigenvalue weighted by molar-refractivity contribution is 7.37. The van der Waals surface area contributed by atoms with Gasteiger partial charge in [0, 0.05) is 13.1 Å². The van der Waals surface area contributed by atoms with E-state index in [1.807, 2.05) is 0 Å². The topological polar surface area (TPSA) is 83.9 Å². The molecule has 0 rings (SSSR count). The molecule has 0 heterocycles. The average molecular weight is 405 g/mol. The van der Waals surface area contributed by atoms with Crippen molar-refractivity contribution in [3.63, 3.8) is 0 Å². The van der Waals surface area contributed by atoms with Crippen molar-refractivity contribution in [2.45, 2.75) is 90.9 Å². The van der Waals surface area contributed by atoms with E-state index in [1.54, 1.807) is 4.90 Å².